The molecule has 0 fully saturated rings. The number of benzene rings is 1. The van der Waals surface area contributed by atoms with E-state index in [9.17, 15) is 14.4 Å². The van der Waals surface area contributed by atoms with E-state index in [2.05, 4.69) is 15.3 Å². The van der Waals surface area contributed by atoms with Crippen LogP contribution in [0.25, 0.3) is 10.9 Å². The van der Waals surface area contributed by atoms with Crippen LogP contribution < -0.4 is 21.5 Å². The molecule has 1 amide bonds. The second-order valence-electron chi connectivity index (χ2n) is 6.07. The average molecular weight is 400 g/mol. The number of amides is 1. The molecule has 0 saturated heterocycles. The lowest BCUT2D eigenvalue weighted by atomic mass is 10.1. The van der Waals surface area contributed by atoms with E-state index in [1.165, 1.54) is 17.9 Å². The zero-order valence-corrected chi connectivity index (χ0v) is 15.7. The first-order valence-electron chi connectivity index (χ1n) is 8.27. The molecule has 0 unspecified atom stereocenters. The highest BCUT2D eigenvalue weighted by atomic mass is 32.1. The highest BCUT2D eigenvalue weighted by Gasteiger charge is 2.13. The number of fused-ring (bicyclic) bond motifs is 1. The van der Waals surface area contributed by atoms with Gasteiger partial charge in [-0.25, -0.2) is 4.98 Å². The lowest BCUT2D eigenvalue weighted by Crippen LogP contribution is -2.20. The summed E-state index contributed by atoms with van der Waals surface area (Å²) in [4.78, 5) is 43.6. The molecule has 3 rings (SSSR count). The summed E-state index contributed by atoms with van der Waals surface area (Å²) in [5, 5.41) is 12.4. The number of thiophene rings is 1. The number of nitrogens with one attached hydrogen (secondary N) is 2. The highest BCUT2D eigenvalue weighted by Crippen LogP contribution is 2.26. The summed E-state index contributed by atoms with van der Waals surface area (Å²) in [6, 6.07) is 8.87. The fraction of sp³-hybridized carbons (Fsp3) is 0.167. The summed E-state index contributed by atoms with van der Waals surface area (Å²) in [6.45, 7) is 1.73. The molecule has 2 heterocycles. The van der Waals surface area contributed by atoms with Gasteiger partial charge in [0, 0.05) is 13.6 Å². The zero-order valence-electron chi connectivity index (χ0n) is 14.9. The number of rotatable bonds is 7. The Bertz CT molecular complexity index is 1090. The average Bonchev–Trinajstić information content (AvgIpc) is 3.12. The summed E-state index contributed by atoms with van der Waals surface area (Å²) in [5.41, 5.74) is 6.69. The van der Waals surface area contributed by atoms with Crippen molar-refractivity contribution in [3.05, 3.63) is 57.7 Å². The fourth-order valence-corrected chi connectivity index (χ4v) is 3.48. The van der Waals surface area contributed by atoms with Crippen LogP contribution in [0.3, 0.4) is 0 Å². The Morgan fingerprint density at radius 3 is 2.89 bits per heavy atom. The first kappa shape index (κ1) is 19.4. The lowest BCUT2D eigenvalue weighted by Gasteiger charge is -2.17. The summed E-state index contributed by atoms with van der Waals surface area (Å²) in [7, 11) is 1.87. The third-order valence-corrected chi connectivity index (χ3v) is 5.11. The highest BCUT2D eigenvalue weighted by molar-refractivity contribution is 7.17. The van der Waals surface area contributed by atoms with Crippen LogP contribution in [0.4, 0.5) is 10.9 Å². The minimum absolute atomic E-state index is 0.0763. The van der Waals surface area contributed by atoms with Gasteiger partial charge in [-0.05, 0) is 29.8 Å². The molecule has 0 aliphatic carbocycles. The van der Waals surface area contributed by atoms with Crippen molar-refractivity contribution in [2.75, 3.05) is 17.7 Å². The smallest absolute Gasteiger partial charge is 0.305 e. The Morgan fingerprint density at radius 1 is 1.36 bits per heavy atom. The molecule has 3 aromatic rings. The van der Waals surface area contributed by atoms with Crippen LogP contribution in [-0.4, -0.2) is 34.0 Å². The second-order valence-corrected chi connectivity index (χ2v) is 7.13. The zero-order chi connectivity index (χ0) is 20.3. The van der Waals surface area contributed by atoms with Crippen LogP contribution in [0, 0.1) is 6.54 Å². The van der Waals surface area contributed by atoms with E-state index in [0.717, 1.165) is 10.6 Å². The Hall–Kier alpha value is -3.40. The van der Waals surface area contributed by atoms with Gasteiger partial charge in [-0.15, -0.1) is 11.3 Å². The van der Waals surface area contributed by atoms with Gasteiger partial charge in [0.2, 0.25) is 5.95 Å². The molecule has 0 aliphatic heterocycles. The van der Waals surface area contributed by atoms with Crippen molar-refractivity contribution in [2.24, 2.45) is 0 Å². The maximum atomic E-state index is 12.0. The van der Waals surface area contributed by atoms with Gasteiger partial charge in [-0.3, -0.25) is 19.4 Å². The number of anilines is 2. The van der Waals surface area contributed by atoms with E-state index in [4.69, 9.17) is 10.8 Å². The largest absolute Gasteiger partial charge is 0.481 e. The number of hydrogen-bond donors (Lipinski definition) is 4. The maximum absolute atomic E-state index is 12.0. The first-order valence-corrected chi connectivity index (χ1v) is 9.09. The summed E-state index contributed by atoms with van der Waals surface area (Å²) in [5.74, 6) is -1.29. The standard InChI is InChI=1S/C18H18N5O4S/c1-23(14-5-4-13(28-14)17(27)20-7-6-15(24)25)9-10-2-3-12-11(8-10)16(26)22-18(19)21-12/h2-5,7-8H,6,9H2,1H3,(H,20,27)(H,24,25)(H3,19,21,22,26). The van der Waals surface area contributed by atoms with E-state index in [1.807, 2.05) is 24.1 Å². The Kier molecular flexibility index (Phi) is 5.59. The van der Waals surface area contributed by atoms with Crippen LogP contribution in [-0.2, 0) is 11.3 Å². The number of hydrogen-bond acceptors (Lipinski definition) is 7. The van der Waals surface area contributed by atoms with Gasteiger partial charge >= 0.3 is 5.97 Å². The Labute approximate surface area is 163 Å². The number of aromatic nitrogens is 2. The Morgan fingerprint density at radius 2 is 2.14 bits per heavy atom. The van der Waals surface area contributed by atoms with Gasteiger partial charge in [0.05, 0.1) is 33.7 Å². The SMILES string of the molecule is CN(Cc1ccc2nc(N)[nH]c(=O)c2c1)c1ccc(C(=O)N[CH]CC(=O)O)s1. The summed E-state index contributed by atoms with van der Waals surface area (Å²) >= 11 is 1.29. The number of H-pyrrole nitrogens is 1. The van der Waals surface area contributed by atoms with Gasteiger partial charge in [-0.1, -0.05) is 6.07 Å². The maximum Gasteiger partial charge on any atom is 0.305 e. The van der Waals surface area contributed by atoms with E-state index in [-0.39, 0.29) is 23.8 Å². The van der Waals surface area contributed by atoms with Crippen molar-refractivity contribution in [3.8, 4) is 0 Å². The third kappa shape index (κ3) is 4.46. The summed E-state index contributed by atoms with van der Waals surface area (Å²) < 4.78 is 0. The molecular formula is C18H18N5O4S. The molecule has 9 nitrogen and oxygen atoms in total. The number of carboxylic acids is 1. The van der Waals surface area contributed by atoms with Crippen molar-refractivity contribution in [3.63, 3.8) is 0 Å². The first-order chi connectivity index (χ1) is 13.3. The van der Waals surface area contributed by atoms with Crippen molar-refractivity contribution >= 4 is 45.1 Å². The van der Waals surface area contributed by atoms with Crippen LogP contribution in [0.2, 0.25) is 0 Å². The van der Waals surface area contributed by atoms with Gasteiger partial charge in [0.1, 0.15) is 0 Å². The topological polar surface area (TPSA) is 141 Å². The van der Waals surface area contributed by atoms with Crippen LogP contribution in [0.5, 0.6) is 0 Å². The number of nitrogen functional groups attached to an aromatic ring is 1. The molecule has 0 bridgehead atoms. The van der Waals surface area contributed by atoms with Crippen molar-refractivity contribution in [1.29, 1.82) is 0 Å². The molecule has 0 saturated carbocycles. The van der Waals surface area contributed by atoms with Crippen LogP contribution in [0.15, 0.2) is 35.1 Å². The molecule has 1 radical (unpaired) electrons. The number of nitrogens with two attached hydrogens (primary N) is 1. The third-order valence-electron chi connectivity index (χ3n) is 3.91. The van der Waals surface area contributed by atoms with Gasteiger partial charge in [0.15, 0.2) is 0 Å². The minimum Gasteiger partial charge on any atom is -0.481 e. The molecule has 1 aromatic carbocycles. The van der Waals surface area contributed by atoms with Crippen molar-refractivity contribution < 1.29 is 14.7 Å². The summed E-state index contributed by atoms with van der Waals surface area (Å²) in [6.07, 6.45) is -0.245. The van der Waals surface area contributed by atoms with Crippen LogP contribution in [0.1, 0.15) is 21.7 Å². The van der Waals surface area contributed by atoms with Crippen molar-refractivity contribution in [2.45, 2.75) is 13.0 Å². The second kappa shape index (κ2) is 8.09. The van der Waals surface area contributed by atoms with E-state index in [1.54, 1.807) is 18.2 Å². The number of aromatic amines is 1. The lowest BCUT2D eigenvalue weighted by molar-refractivity contribution is -0.136. The predicted octanol–water partition coefficient (Wildman–Crippen LogP) is 1.57. The molecule has 0 aliphatic rings. The van der Waals surface area contributed by atoms with Crippen molar-refractivity contribution in [1.82, 2.24) is 15.3 Å². The van der Waals surface area contributed by atoms with Gasteiger partial charge in [-0.2, -0.15) is 0 Å². The molecule has 0 spiro atoms. The van der Waals surface area contributed by atoms with E-state index < -0.39 is 5.97 Å². The number of carbonyl (C=O) groups excluding carboxylic acids is 1. The quantitative estimate of drug-likeness (QED) is 0.472. The molecule has 10 heteroatoms. The Balaban J connectivity index is 1.70. The molecule has 5 N–H and O–H groups in total. The monoisotopic (exact) mass is 400 g/mol. The van der Waals surface area contributed by atoms with Crippen LogP contribution >= 0.6 is 11.3 Å². The fourth-order valence-electron chi connectivity index (χ4n) is 2.61. The molecule has 28 heavy (non-hydrogen) atoms. The number of carboxylic acid groups (broad SMARTS) is 1. The van der Waals surface area contributed by atoms with E-state index >= 15 is 0 Å². The molecular weight excluding hydrogens is 382 g/mol. The normalized spacial score (nSPS) is 10.8. The predicted molar refractivity (Wildman–Crippen MR) is 107 cm³/mol. The minimum atomic E-state index is -1.01. The number of carbonyl (C=O) groups is 2. The molecule has 145 valence electrons. The van der Waals surface area contributed by atoms with Gasteiger partial charge < -0.3 is 21.1 Å². The molecule has 2 aromatic heterocycles. The number of aliphatic carboxylic acids is 1. The van der Waals surface area contributed by atoms with Gasteiger partial charge in [0.25, 0.3) is 11.5 Å². The number of nitrogens with zero attached hydrogens (tertiary/aromatic N) is 2. The van der Waals surface area contributed by atoms with E-state index in [0.29, 0.717) is 22.3 Å². The molecule has 0 atom stereocenters.